The van der Waals surface area contributed by atoms with Gasteiger partial charge in [-0.1, -0.05) is 0 Å². The first-order valence-electron chi connectivity index (χ1n) is 9.16. The number of nitrogens with zero attached hydrogens (tertiary/aromatic N) is 4. The van der Waals surface area contributed by atoms with Crippen LogP contribution in [-0.4, -0.2) is 50.6 Å². The maximum atomic E-state index is 12.6. The van der Waals surface area contributed by atoms with Crippen molar-refractivity contribution in [2.45, 2.75) is 31.5 Å². The van der Waals surface area contributed by atoms with E-state index in [1.165, 1.54) is 0 Å². The molecule has 1 fully saturated rings. The second kappa shape index (κ2) is 7.02. The highest BCUT2D eigenvalue weighted by Gasteiger charge is 2.45. The van der Waals surface area contributed by atoms with E-state index in [4.69, 9.17) is 0 Å². The van der Waals surface area contributed by atoms with Gasteiger partial charge in [0, 0.05) is 36.1 Å². The zero-order valence-corrected chi connectivity index (χ0v) is 15.6. The number of carbonyl (C=O) groups is 1. The van der Waals surface area contributed by atoms with E-state index >= 15 is 0 Å². The first-order chi connectivity index (χ1) is 13.8. The Balaban J connectivity index is 1.64. The van der Waals surface area contributed by atoms with E-state index in [9.17, 15) is 18.0 Å². The maximum absolute atomic E-state index is 12.6. The average Bonchev–Trinajstić information content (AvgIpc) is 3.30. The normalized spacial score (nSPS) is 19.7. The van der Waals surface area contributed by atoms with Crippen molar-refractivity contribution in [3.63, 3.8) is 0 Å². The molecule has 1 saturated heterocycles. The molecule has 1 aliphatic rings. The van der Waals surface area contributed by atoms with Gasteiger partial charge in [-0.3, -0.25) is 4.79 Å². The fraction of sp³-hybridized carbons (Fsp3) is 0.368. The van der Waals surface area contributed by atoms with Crippen molar-refractivity contribution >= 4 is 22.8 Å². The van der Waals surface area contributed by atoms with Crippen LogP contribution in [0.5, 0.6) is 0 Å². The largest absolute Gasteiger partial charge is 0.405 e. The van der Waals surface area contributed by atoms with Crippen molar-refractivity contribution < 1.29 is 18.0 Å². The third-order valence-corrected chi connectivity index (χ3v) is 5.19. The second-order valence-corrected chi connectivity index (χ2v) is 7.17. The summed E-state index contributed by atoms with van der Waals surface area (Å²) in [6, 6.07) is 5.37. The number of hydrogen-bond acceptors (Lipinski definition) is 5. The van der Waals surface area contributed by atoms with Gasteiger partial charge in [-0.2, -0.15) is 13.2 Å². The maximum Gasteiger partial charge on any atom is 0.405 e. The van der Waals surface area contributed by atoms with Crippen molar-refractivity contribution in [2.24, 2.45) is 0 Å². The van der Waals surface area contributed by atoms with Crippen LogP contribution in [0.25, 0.3) is 22.4 Å². The van der Waals surface area contributed by atoms with Crippen molar-refractivity contribution in [3.8, 4) is 11.4 Å². The van der Waals surface area contributed by atoms with Crippen LogP contribution in [-0.2, 0) is 4.79 Å². The van der Waals surface area contributed by atoms with E-state index in [1.807, 2.05) is 17.4 Å². The van der Waals surface area contributed by atoms with Gasteiger partial charge in [0.05, 0.1) is 0 Å². The van der Waals surface area contributed by atoms with Crippen molar-refractivity contribution in [3.05, 3.63) is 36.8 Å². The highest BCUT2D eigenvalue weighted by atomic mass is 19.4. The molecule has 4 heterocycles. The first-order valence-corrected chi connectivity index (χ1v) is 9.16. The van der Waals surface area contributed by atoms with E-state index in [0.717, 1.165) is 10.9 Å². The fourth-order valence-electron chi connectivity index (χ4n) is 3.71. The van der Waals surface area contributed by atoms with Crippen LogP contribution in [0, 0.1) is 0 Å². The predicted molar refractivity (Wildman–Crippen MR) is 101 cm³/mol. The SMILES string of the molecule is CC1(C(=O)NCC(F)(F)F)CCCN1c1ccnc(-c2c[nH]c3ncccc23)n1. The Kier molecular flexibility index (Phi) is 4.64. The molecule has 2 N–H and O–H groups in total. The predicted octanol–water partition coefficient (Wildman–Crippen LogP) is 3.06. The molecule has 0 saturated carbocycles. The Morgan fingerprint density at radius 1 is 1.31 bits per heavy atom. The molecule has 0 radical (unpaired) electrons. The van der Waals surface area contributed by atoms with Gasteiger partial charge in [0.2, 0.25) is 5.91 Å². The number of aromatic nitrogens is 4. The number of pyridine rings is 1. The van der Waals surface area contributed by atoms with Crippen molar-refractivity contribution in [1.29, 1.82) is 0 Å². The topological polar surface area (TPSA) is 86.8 Å². The molecular weight excluding hydrogens is 385 g/mol. The number of alkyl halides is 3. The third kappa shape index (κ3) is 3.62. The van der Waals surface area contributed by atoms with E-state index in [1.54, 1.807) is 36.5 Å². The lowest BCUT2D eigenvalue weighted by Crippen LogP contribution is -2.55. The lowest BCUT2D eigenvalue weighted by molar-refractivity contribution is -0.141. The minimum Gasteiger partial charge on any atom is -0.345 e. The smallest absolute Gasteiger partial charge is 0.345 e. The lowest BCUT2D eigenvalue weighted by atomic mass is 9.97. The van der Waals surface area contributed by atoms with Gasteiger partial charge >= 0.3 is 6.18 Å². The number of H-pyrrole nitrogens is 1. The van der Waals surface area contributed by atoms with Crippen LogP contribution < -0.4 is 10.2 Å². The molecule has 1 atom stereocenters. The van der Waals surface area contributed by atoms with E-state index in [-0.39, 0.29) is 0 Å². The summed E-state index contributed by atoms with van der Waals surface area (Å²) in [5, 5.41) is 2.87. The summed E-state index contributed by atoms with van der Waals surface area (Å²) in [5.41, 5.74) is 0.352. The van der Waals surface area contributed by atoms with Crippen molar-refractivity contribution in [1.82, 2.24) is 25.3 Å². The number of aromatic amines is 1. The van der Waals surface area contributed by atoms with Crippen LogP contribution in [0.4, 0.5) is 19.0 Å². The van der Waals surface area contributed by atoms with Gasteiger partial charge < -0.3 is 15.2 Å². The number of carbonyl (C=O) groups excluding carboxylic acids is 1. The number of nitrogens with one attached hydrogen (secondary N) is 2. The highest BCUT2D eigenvalue weighted by molar-refractivity contribution is 5.92. The quantitative estimate of drug-likeness (QED) is 0.698. The van der Waals surface area contributed by atoms with Gasteiger partial charge in [0.1, 0.15) is 23.5 Å². The molecular formula is C19H19F3N6O. The summed E-state index contributed by atoms with van der Waals surface area (Å²) in [6.45, 7) is 0.803. The van der Waals surface area contributed by atoms with Crippen LogP contribution >= 0.6 is 0 Å². The summed E-state index contributed by atoms with van der Waals surface area (Å²) in [7, 11) is 0. The monoisotopic (exact) mass is 404 g/mol. The van der Waals surface area contributed by atoms with Crippen molar-refractivity contribution in [2.75, 3.05) is 18.0 Å². The molecule has 10 heteroatoms. The number of anilines is 1. The van der Waals surface area contributed by atoms with Gasteiger partial charge in [0.15, 0.2) is 5.82 Å². The van der Waals surface area contributed by atoms with Gasteiger partial charge in [-0.05, 0) is 38.0 Å². The molecule has 1 unspecified atom stereocenters. The highest BCUT2D eigenvalue weighted by Crippen LogP contribution is 2.34. The Hall–Kier alpha value is -3.17. The number of halogens is 3. The standard InChI is InChI=1S/C19H19F3N6O/c1-18(17(29)26-11-19(20,21)22)6-3-9-28(18)14-5-8-24-16(27-14)13-10-25-15-12(13)4-2-7-23-15/h2,4-5,7-8,10H,3,6,9,11H2,1H3,(H,23,25)(H,26,29). The Bertz CT molecular complexity index is 1050. The molecule has 3 aromatic rings. The molecule has 3 aromatic heterocycles. The molecule has 0 spiro atoms. The summed E-state index contributed by atoms with van der Waals surface area (Å²) in [4.78, 5) is 30.6. The number of hydrogen-bond donors (Lipinski definition) is 2. The molecule has 1 amide bonds. The Morgan fingerprint density at radius 2 is 2.14 bits per heavy atom. The van der Waals surface area contributed by atoms with E-state index in [0.29, 0.717) is 36.7 Å². The van der Waals surface area contributed by atoms with Gasteiger partial charge in [-0.15, -0.1) is 0 Å². The lowest BCUT2D eigenvalue weighted by Gasteiger charge is -2.35. The zero-order valence-electron chi connectivity index (χ0n) is 15.6. The summed E-state index contributed by atoms with van der Waals surface area (Å²) < 4.78 is 37.6. The summed E-state index contributed by atoms with van der Waals surface area (Å²) in [6.07, 6.45) is 1.67. The molecule has 29 heavy (non-hydrogen) atoms. The molecule has 4 rings (SSSR count). The summed E-state index contributed by atoms with van der Waals surface area (Å²) >= 11 is 0. The summed E-state index contributed by atoms with van der Waals surface area (Å²) in [5.74, 6) is 0.283. The minimum absolute atomic E-state index is 0.438. The van der Waals surface area contributed by atoms with Crippen LogP contribution in [0.15, 0.2) is 36.8 Å². The zero-order chi connectivity index (χ0) is 20.6. The molecule has 0 aliphatic carbocycles. The van der Waals surface area contributed by atoms with Gasteiger partial charge in [0.25, 0.3) is 0 Å². The Labute approximate surface area is 164 Å². The average molecular weight is 404 g/mol. The third-order valence-electron chi connectivity index (χ3n) is 5.19. The molecule has 152 valence electrons. The Morgan fingerprint density at radius 3 is 2.93 bits per heavy atom. The van der Waals surface area contributed by atoms with Crippen LogP contribution in [0.1, 0.15) is 19.8 Å². The minimum atomic E-state index is -4.46. The fourth-order valence-corrected chi connectivity index (χ4v) is 3.71. The molecule has 7 nitrogen and oxygen atoms in total. The molecule has 0 aromatic carbocycles. The number of amides is 1. The van der Waals surface area contributed by atoms with Crippen LogP contribution in [0.2, 0.25) is 0 Å². The molecule has 0 bridgehead atoms. The van der Waals surface area contributed by atoms with E-state index in [2.05, 4.69) is 19.9 Å². The first kappa shape index (κ1) is 19.2. The van der Waals surface area contributed by atoms with Gasteiger partial charge in [-0.25, -0.2) is 15.0 Å². The number of rotatable bonds is 4. The molecule has 1 aliphatic heterocycles. The van der Waals surface area contributed by atoms with Crippen LogP contribution in [0.3, 0.4) is 0 Å². The number of fused-ring (bicyclic) bond motifs is 1. The second-order valence-electron chi connectivity index (χ2n) is 7.17. The van der Waals surface area contributed by atoms with E-state index < -0.39 is 24.2 Å².